The van der Waals surface area contributed by atoms with E-state index in [9.17, 15) is 8.78 Å². The molecule has 0 atom stereocenters. The lowest BCUT2D eigenvalue weighted by molar-refractivity contribution is 0.450. The molecule has 2 aromatic rings. The Kier molecular flexibility index (Phi) is 3.49. The molecule has 0 fully saturated rings. The summed E-state index contributed by atoms with van der Waals surface area (Å²) >= 11 is 0. The van der Waals surface area contributed by atoms with Crippen LogP contribution in [0.2, 0.25) is 0 Å². The molecule has 0 aliphatic rings. The third kappa shape index (κ3) is 3.41. The van der Waals surface area contributed by atoms with Gasteiger partial charge in [0.2, 0.25) is 11.9 Å². The first-order chi connectivity index (χ1) is 8.24. The Morgan fingerprint density at radius 2 is 1.35 bits per heavy atom. The molecule has 0 spiro atoms. The quantitative estimate of drug-likeness (QED) is 0.598. The van der Waals surface area contributed by atoms with E-state index in [1.807, 2.05) is 0 Å². The third-order valence-corrected chi connectivity index (χ3v) is 1.76. The molecule has 2 heterocycles. The van der Waals surface area contributed by atoms with Gasteiger partial charge in [0.25, 0.3) is 0 Å². The van der Waals surface area contributed by atoms with E-state index in [-0.39, 0.29) is 11.5 Å². The van der Waals surface area contributed by atoms with Crippen LogP contribution in [0.5, 0.6) is 11.5 Å². The Morgan fingerprint density at radius 1 is 0.882 bits per heavy atom. The van der Waals surface area contributed by atoms with Gasteiger partial charge in [-0.25, -0.2) is 9.97 Å². The molecule has 2 aromatic heterocycles. The summed E-state index contributed by atoms with van der Waals surface area (Å²) in [5.74, 6) is -0.865. The van der Waals surface area contributed by atoms with Crippen LogP contribution in [0.4, 0.5) is 8.78 Å². The van der Waals surface area contributed by atoms with Crippen molar-refractivity contribution >= 4 is 7.69 Å². The van der Waals surface area contributed by atoms with E-state index >= 15 is 0 Å². The molecule has 0 aromatic carbocycles. The number of halogens is 2. The smallest absolute Gasteiger partial charge is 0.526 e. The maximum Gasteiger partial charge on any atom is 0.658 e. The zero-order chi connectivity index (χ0) is 12.1. The van der Waals surface area contributed by atoms with Gasteiger partial charge in [0.05, 0.1) is 0 Å². The standard InChI is InChI=1S/C10H6BF2N2O2/c12-9-5-7(1-3-14-9)16-11-17-8-2-4-15-10(13)6-8/h1-6H. The van der Waals surface area contributed by atoms with Gasteiger partial charge in [-0.2, -0.15) is 8.78 Å². The van der Waals surface area contributed by atoms with Gasteiger partial charge in [0, 0.05) is 24.5 Å². The Morgan fingerprint density at radius 3 is 1.76 bits per heavy atom. The van der Waals surface area contributed by atoms with E-state index in [2.05, 4.69) is 9.97 Å². The summed E-state index contributed by atoms with van der Waals surface area (Å²) in [7, 11) is 0.962. The molecule has 0 aliphatic carbocycles. The fourth-order valence-electron chi connectivity index (χ4n) is 1.05. The minimum absolute atomic E-state index is 0.229. The molecule has 0 N–H and O–H groups in total. The minimum atomic E-state index is -0.661. The topological polar surface area (TPSA) is 44.2 Å². The van der Waals surface area contributed by atoms with Gasteiger partial charge in [-0.05, 0) is 12.1 Å². The zero-order valence-corrected chi connectivity index (χ0v) is 8.51. The van der Waals surface area contributed by atoms with Crippen LogP contribution < -0.4 is 9.31 Å². The van der Waals surface area contributed by atoms with Crippen molar-refractivity contribution in [3.63, 3.8) is 0 Å². The van der Waals surface area contributed by atoms with Gasteiger partial charge < -0.3 is 9.31 Å². The van der Waals surface area contributed by atoms with Crippen molar-refractivity contribution in [3.8, 4) is 11.5 Å². The van der Waals surface area contributed by atoms with Crippen molar-refractivity contribution in [1.29, 1.82) is 0 Å². The van der Waals surface area contributed by atoms with Gasteiger partial charge in [0.1, 0.15) is 11.5 Å². The van der Waals surface area contributed by atoms with Crippen LogP contribution in [-0.2, 0) is 0 Å². The van der Waals surface area contributed by atoms with E-state index in [0.717, 1.165) is 19.8 Å². The highest BCUT2D eigenvalue weighted by atomic mass is 19.1. The molecule has 17 heavy (non-hydrogen) atoms. The van der Waals surface area contributed by atoms with Crippen molar-refractivity contribution < 1.29 is 18.1 Å². The Hall–Kier alpha value is -2.18. The van der Waals surface area contributed by atoms with Gasteiger partial charge in [0.15, 0.2) is 0 Å². The SMILES string of the molecule is Fc1cc(O[B]Oc2ccnc(F)c2)ccn1. The van der Waals surface area contributed by atoms with Crippen molar-refractivity contribution in [2.24, 2.45) is 0 Å². The molecule has 0 saturated heterocycles. The Labute approximate surface area is 96.5 Å². The minimum Gasteiger partial charge on any atom is -0.526 e. The number of pyridine rings is 2. The molecular formula is C10H6BF2N2O2. The number of hydrogen-bond donors (Lipinski definition) is 0. The van der Waals surface area contributed by atoms with Crippen molar-refractivity contribution in [2.45, 2.75) is 0 Å². The number of nitrogens with zero attached hydrogens (tertiary/aromatic N) is 2. The average molecular weight is 235 g/mol. The van der Waals surface area contributed by atoms with Crippen molar-refractivity contribution in [2.75, 3.05) is 0 Å². The van der Waals surface area contributed by atoms with Gasteiger partial charge >= 0.3 is 7.69 Å². The van der Waals surface area contributed by atoms with E-state index in [1.165, 1.54) is 24.5 Å². The fraction of sp³-hybridized carbons (Fsp3) is 0. The second-order valence-electron chi connectivity index (χ2n) is 2.96. The number of aromatic nitrogens is 2. The van der Waals surface area contributed by atoms with E-state index in [0.29, 0.717) is 0 Å². The summed E-state index contributed by atoms with van der Waals surface area (Å²) in [5.41, 5.74) is 0. The lowest BCUT2D eigenvalue weighted by Crippen LogP contribution is -2.11. The second-order valence-corrected chi connectivity index (χ2v) is 2.96. The van der Waals surface area contributed by atoms with E-state index in [1.54, 1.807) is 0 Å². The maximum atomic E-state index is 12.7. The average Bonchev–Trinajstić information content (AvgIpc) is 2.29. The molecule has 4 nitrogen and oxygen atoms in total. The lowest BCUT2D eigenvalue weighted by atomic mass is 10.3. The van der Waals surface area contributed by atoms with Crippen LogP contribution in [-0.4, -0.2) is 17.7 Å². The molecule has 7 heteroatoms. The van der Waals surface area contributed by atoms with Crippen LogP contribution >= 0.6 is 0 Å². The summed E-state index contributed by atoms with van der Waals surface area (Å²) in [4.78, 5) is 6.72. The molecule has 2 rings (SSSR count). The highest BCUT2D eigenvalue weighted by Crippen LogP contribution is 2.12. The summed E-state index contributed by atoms with van der Waals surface area (Å²) in [6.45, 7) is 0. The zero-order valence-electron chi connectivity index (χ0n) is 8.51. The Balaban J connectivity index is 1.87. The molecule has 0 aliphatic heterocycles. The first-order valence-electron chi connectivity index (χ1n) is 4.62. The van der Waals surface area contributed by atoms with Crippen LogP contribution in [0, 0.1) is 11.9 Å². The molecule has 0 unspecified atom stereocenters. The molecule has 85 valence electrons. The summed E-state index contributed by atoms with van der Waals surface area (Å²) in [6.07, 6.45) is 2.51. The monoisotopic (exact) mass is 235 g/mol. The van der Waals surface area contributed by atoms with Gasteiger partial charge in [-0.3, -0.25) is 0 Å². The molecule has 1 radical (unpaired) electrons. The van der Waals surface area contributed by atoms with E-state index < -0.39 is 11.9 Å². The normalized spacial score (nSPS) is 9.76. The molecule has 0 saturated carbocycles. The van der Waals surface area contributed by atoms with Gasteiger partial charge in [-0.1, -0.05) is 0 Å². The number of hydrogen-bond acceptors (Lipinski definition) is 4. The highest BCUT2D eigenvalue weighted by molar-refractivity contribution is 6.20. The highest BCUT2D eigenvalue weighted by Gasteiger charge is 2.03. The van der Waals surface area contributed by atoms with Crippen LogP contribution in [0.15, 0.2) is 36.7 Å². The largest absolute Gasteiger partial charge is 0.658 e. The van der Waals surface area contributed by atoms with Crippen molar-refractivity contribution in [3.05, 3.63) is 48.6 Å². The lowest BCUT2D eigenvalue weighted by Gasteiger charge is -2.05. The predicted octanol–water partition coefficient (Wildman–Crippen LogP) is 1.75. The predicted molar refractivity (Wildman–Crippen MR) is 55.4 cm³/mol. The molecule has 0 amide bonds. The first-order valence-corrected chi connectivity index (χ1v) is 4.62. The summed E-state index contributed by atoms with van der Waals surface area (Å²) in [5, 5.41) is 0. The van der Waals surface area contributed by atoms with E-state index in [4.69, 9.17) is 9.31 Å². The summed E-state index contributed by atoms with van der Waals surface area (Å²) in [6, 6.07) is 5.09. The fourth-order valence-corrected chi connectivity index (χ4v) is 1.05. The maximum absolute atomic E-state index is 12.7. The first kappa shape index (κ1) is 11.3. The summed E-state index contributed by atoms with van der Waals surface area (Å²) < 4.78 is 35.3. The second kappa shape index (κ2) is 5.24. The molecule has 0 bridgehead atoms. The van der Waals surface area contributed by atoms with Gasteiger partial charge in [-0.15, -0.1) is 0 Å². The van der Waals surface area contributed by atoms with Crippen LogP contribution in [0.3, 0.4) is 0 Å². The number of rotatable bonds is 4. The van der Waals surface area contributed by atoms with Crippen LogP contribution in [0.25, 0.3) is 0 Å². The Bertz CT molecular complexity index is 468. The van der Waals surface area contributed by atoms with Crippen molar-refractivity contribution in [1.82, 2.24) is 9.97 Å². The molecular weight excluding hydrogens is 229 g/mol. The third-order valence-electron chi connectivity index (χ3n) is 1.76. The van der Waals surface area contributed by atoms with Crippen LogP contribution in [0.1, 0.15) is 0 Å².